The molecule has 4 aromatic heterocycles. The van der Waals surface area contributed by atoms with Gasteiger partial charge in [0.2, 0.25) is 0 Å². The number of aromatic nitrogens is 4. The van der Waals surface area contributed by atoms with Crippen molar-refractivity contribution < 1.29 is 146 Å². The van der Waals surface area contributed by atoms with Crippen molar-refractivity contribution in [3.8, 4) is 23.0 Å². The summed E-state index contributed by atoms with van der Waals surface area (Å²) in [5, 5.41) is 124. The first-order valence-corrected chi connectivity index (χ1v) is 28.5. The predicted octanol–water partition coefficient (Wildman–Crippen LogP) is 3.87. The summed E-state index contributed by atoms with van der Waals surface area (Å²) in [5.41, 5.74) is 2.53. The Balaban J connectivity index is 0.00000127. The summed E-state index contributed by atoms with van der Waals surface area (Å²) in [7, 11) is 4.88. The smallest absolute Gasteiger partial charge is 0.872 e. The van der Waals surface area contributed by atoms with Crippen LogP contribution in [0.25, 0.3) is 0 Å². The molecular formula is C65H53Cl3Co4N12O16. The van der Waals surface area contributed by atoms with E-state index < -0.39 is 51.8 Å². The molecule has 8 rings (SSSR count). The van der Waals surface area contributed by atoms with Gasteiger partial charge in [-0.3, -0.25) is 0 Å². The van der Waals surface area contributed by atoms with Crippen LogP contribution in [0.15, 0.2) is 211 Å². The molecule has 35 heteroatoms. The van der Waals surface area contributed by atoms with Crippen LogP contribution >= 0.6 is 34.8 Å². The largest absolute Gasteiger partial charge is 2.00 e. The molecule has 0 bridgehead atoms. The normalized spacial score (nSPS) is 11.5. The molecule has 0 atom stereocenters. The molecule has 0 aliphatic carbocycles. The van der Waals surface area contributed by atoms with E-state index in [1.165, 1.54) is 126 Å². The maximum Gasteiger partial charge on any atom is 2.00 e. The molecule has 0 aliphatic heterocycles. The summed E-state index contributed by atoms with van der Waals surface area (Å²) >= 11 is 14.4. The molecule has 0 aliphatic rings. The fraction of sp³-hybridized carbons (Fsp3) is 0.138. The van der Waals surface area contributed by atoms with E-state index in [1.807, 2.05) is 0 Å². The SMILES string of the molecule is COC(=O)c1cccc(/C([O-])=N/N=C(\C)c2ccccc2[O-])n1.COC(=O)c1cccc(/C([O-])=N/N=C(\C)c2ccccc2[O-])n1.COC(=O)c1cccc(/C([O-])=N/N=C(\C)c2ccccc2[O-])n1.COC(=O)c1cccc(/C([O-])=N/N=C(\C)c2ccccc2[O-])n1.ClC(Cl)Cl.[Co+2].[Co+2].[Co+2].[Co+2]. The first-order chi connectivity index (χ1) is 45.8. The van der Waals surface area contributed by atoms with Crippen molar-refractivity contribution in [2.24, 2.45) is 40.8 Å². The molecule has 0 amide bonds. The number of hydrogen-bond donors (Lipinski definition) is 0. The molecule has 4 heterocycles. The zero-order chi connectivity index (χ0) is 70.9. The van der Waals surface area contributed by atoms with E-state index in [1.54, 1.807) is 100 Å². The molecule has 0 N–H and O–H groups in total. The standard InChI is InChI=1S/4C16H15N3O4.CHCl3.4Co/c4*1-10(11-6-3-4-9-14(11)20)18-19-15(21)12-7-5-8-13(17-12)16(22)23-2;2-1(3)4;;;;/h4*3-9,20H,1-2H3,(H,19,21);1H;;;;/q;;;;;4*+2/p-8/b4*18-10+;;;;;. The summed E-state index contributed by atoms with van der Waals surface area (Å²) in [6, 6.07) is 42.5. The van der Waals surface area contributed by atoms with Crippen molar-refractivity contribution >= 4 is 105 Å². The van der Waals surface area contributed by atoms with E-state index in [9.17, 15) is 60.0 Å². The zero-order valence-electron chi connectivity index (χ0n) is 53.1. The molecule has 0 fully saturated rings. The van der Waals surface area contributed by atoms with Crippen LogP contribution in [0.1, 0.15) is 115 Å². The predicted molar refractivity (Wildman–Crippen MR) is 342 cm³/mol. The molecule has 526 valence electrons. The van der Waals surface area contributed by atoms with Gasteiger partial charge in [0.05, 0.1) is 74.1 Å². The minimum Gasteiger partial charge on any atom is -0.872 e. The molecule has 0 unspecified atom stereocenters. The van der Waals surface area contributed by atoms with Gasteiger partial charge in [0.1, 0.15) is 22.8 Å². The molecule has 28 nitrogen and oxygen atoms in total. The average molecular weight is 1600 g/mol. The summed E-state index contributed by atoms with van der Waals surface area (Å²) in [6.07, 6.45) is 0. The van der Waals surface area contributed by atoms with Crippen LogP contribution in [0, 0.1) is 0 Å². The Hall–Kier alpha value is -9.98. The number of alkyl halides is 3. The van der Waals surface area contributed by atoms with Gasteiger partial charge < -0.3 is 59.8 Å². The van der Waals surface area contributed by atoms with Gasteiger partial charge in [0, 0.05) is 23.6 Å². The van der Waals surface area contributed by atoms with Crippen LogP contribution < -0.4 is 40.9 Å². The van der Waals surface area contributed by atoms with Crippen LogP contribution in [0.2, 0.25) is 0 Å². The van der Waals surface area contributed by atoms with E-state index in [-0.39, 0.29) is 136 Å². The van der Waals surface area contributed by atoms with Gasteiger partial charge in [-0.25, -0.2) is 39.1 Å². The first-order valence-electron chi connectivity index (χ1n) is 27.2. The molecule has 100 heavy (non-hydrogen) atoms. The molecule has 0 saturated heterocycles. The van der Waals surface area contributed by atoms with Gasteiger partial charge in [-0.2, -0.15) is 40.8 Å². The van der Waals surface area contributed by atoms with Crippen LogP contribution in [-0.2, 0) is 86.1 Å². The van der Waals surface area contributed by atoms with Crippen molar-refractivity contribution in [3.63, 3.8) is 0 Å². The number of para-hydroxylation sites is 4. The van der Waals surface area contributed by atoms with Crippen LogP contribution in [0.3, 0.4) is 0 Å². The van der Waals surface area contributed by atoms with E-state index in [0.717, 1.165) is 0 Å². The third kappa shape index (κ3) is 29.6. The first kappa shape index (κ1) is 90.0. The number of esters is 4. The quantitative estimate of drug-likeness (QED) is 0.0331. The summed E-state index contributed by atoms with van der Waals surface area (Å²) in [4.78, 5) is 61.0. The number of carbonyl (C=O) groups excluding carboxylic acids is 4. The second-order valence-corrected chi connectivity index (χ2v) is 20.2. The maximum atomic E-state index is 12.0. The Bertz CT molecular complexity index is 3770. The third-order valence-electron chi connectivity index (χ3n) is 11.7. The fourth-order valence-electron chi connectivity index (χ4n) is 7.05. The monoisotopic (exact) mass is 1600 g/mol. The van der Waals surface area contributed by atoms with Crippen molar-refractivity contribution in [2.75, 3.05) is 28.4 Å². The Morgan fingerprint density at radius 3 is 0.620 bits per heavy atom. The second kappa shape index (κ2) is 47.1. The number of nitrogens with zero attached hydrogens (tertiary/aromatic N) is 12. The number of hydrogen-bond acceptors (Lipinski definition) is 28. The van der Waals surface area contributed by atoms with Gasteiger partial charge in [0.15, 0.2) is 4.30 Å². The molecule has 8 aromatic rings. The number of carbonyl (C=O) groups is 4. The summed E-state index contributed by atoms with van der Waals surface area (Å²) in [5.74, 6) is -6.33. The minimum atomic E-state index is -0.750. The van der Waals surface area contributed by atoms with Gasteiger partial charge in [-0.1, -0.05) is 179 Å². The Morgan fingerprint density at radius 1 is 0.300 bits per heavy atom. The molecule has 0 saturated carbocycles. The van der Waals surface area contributed by atoms with Gasteiger partial charge in [-0.15, -0.1) is 0 Å². The Kier molecular flexibility index (Phi) is 42.4. The number of benzene rings is 4. The van der Waals surface area contributed by atoms with Crippen molar-refractivity contribution in [1.82, 2.24) is 19.9 Å². The topological polar surface area (TPSA) is 440 Å². The number of pyridine rings is 4. The number of halogens is 3. The van der Waals surface area contributed by atoms with E-state index >= 15 is 0 Å². The van der Waals surface area contributed by atoms with Crippen LogP contribution in [-0.4, -0.2) is 123 Å². The van der Waals surface area contributed by atoms with Crippen molar-refractivity contribution in [1.29, 1.82) is 0 Å². The van der Waals surface area contributed by atoms with Crippen molar-refractivity contribution in [3.05, 3.63) is 238 Å². The third-order valence-corrected chi connectivity index (χ3v) is 11.7. The fourth-order valence-corrected chi connectivity index (χ4v) is 7.05. The van der Waals surface area contributed by atoms with Gasteiger partial charge >= 0.3 is 91.0 Å². The molecule has 4 radical (unpaired) electrons. The molecule has 0 spiro atoms. The average Bonchev–Trinajstić information content (AvgIpc) is 0.960. The maximum absolute atomic E-state index is 12.0. The van der Waals surface area contributed by atoms with E-state index in [4.69, 9.17) is 34.8 Å². The van der Waals surface area contributed by atoms with Crippen LogP contribution in [0.5, 0.6) is 23.0 Å². The van der Waals surface area contributed by atoms with Gasteiger partial charge in [0.25, 0.3) is 0 Å². The Morgan fingerprint density at radius 2 is 0.460 bits per heavy atom. The minimum absolute atomic E-state index is 0. The number of rotatable bonds is 16. The van der Waals surface area contributed by atoms with E-state index in [0.29, 0.717) is 45.1 Å². The number of ether oxygens (including phenoxy) is 4. The van der Waals surface area contributed by atoms with Crippen molar-refractivity contribution in [2.45, 2.75) is 32.0 Å². The van der Waals surface area contributed by atoms with Gasteiger partial charge in [-0.05, 0) is 98.5 Å². The summed E-state index contributed by atoms with van der Waals surface area (Å²) in [6.45, 7) is 6.30. The molecule has 4 aromatic carbocycles. The zero-order valence-corrected chi connectivity index (χ0v) is 59.5. The summed E-state index contributed by atoms with van der Waals surface area (Å²) < 4.78 is 17.4. The number of methoxy groups -OCH3 is 4. The molecular weight excluding hydrogens is 1550 g/mol. The van der Waals surface area contributed by atoms with Crippen LogP contribution in [0.4, 0.5) is 0 Å². The second-order valence-electron chi connectivity index (χ2n) is 18.2. The van der Waals surface area contributed by atoms with E-state index in [2.05, 4.69) is 79.7 Å². The Labute approximate surface area is 628 Å².